The van der Waals surface area contributed by atoms with Crippen LogP contribution in [0, 0.1) is 13.8 Å². The van der Waals surface area contributed by atoms with Gasteiger partial charge in [0.05, 0.1) is 0 Å². The Labute approximate surface area is 124 Å². The minimum absolute atomic E-state index is 0.316. The van der Waals surface area contributed by atoms with E-state index in [0.717, 1.165) is 13.1 Å². The minimum atomic E-state index is 0.316. The highest BCUT2D eigenvalue weighted by Gasteiger charge is 2.30. The first-order valence-electron chi connectivity index (χ1n) is 8.12. The molecule has 1 aromatic carbocycles. The Kier molecular flexibility index (Phi) is 5.22. The van der Waals surface area contributed by atoms with Crippen LogP contribution in [0.15, 0.2) is 18.2 Å². The van der Waals surface area contributed by atoms with Gasteiger partial charge in [-0.25, -0.2) is 0 Å². The molecule has 2 nitrogen and oxygen atoms in total. The summed E-state index contributed by atoms with van der Waals surface area (Å²) >= 11 is 0. The predicted molar refractivity (Wildman–Crippen MR) is 87.1 cm³/mol. The first kappa shape index (κ1) is 15.5. The van der Waals surface area contributed by atoms with Gasteiger partial charge in [-0.15, -0.1) is 0 Å². The Bertz CT molecular complexity index is 435. The summed E-state index contributed by atoms with van der Waals surface area (Å²) in [5.74, 6) is 0. The molecular formula is C18H30N2. The van der Waals surface area contributed by atoms with Gasteiger partial charge in [0, 0.05) is 18.6 Å². The average Bonchev–Trinajstić information content (AvgIpc) is 2.66. The van der Waals surface area contributed by atoms with E-state index in [2.05, 4.69) is 56.1 Å². The maximum Gasteiger partial charge on any atom is 0.0303 e. The van der Waals surface area contributed by atoms with E-state index in [4.69, 9.17) is 0 Å². The lowest BCUT2D eigenvalue weighted by Gasteiger charge is -2.35. The van der Waals surface area contributed by atoms with Crippen LogP contribution in [0.4, 0.5) is 0 Å². The Morgan fingerprint density at radius 1 is 1.15 bits per heavy atom. The molecule has 0 aliphatic carbocycles. The third-order valence-electron chi connectivity index (χ3n) is 5.01. The molecule has 1 N–H and O–H groups in total. The quantitative estimate of drug-likeness (QED) is 0.901. The minimum Gasteiger partial charge on any atom is -0.310 e. The fraction of sp³-hybridized carbons (Fsp3) is 0.667. The van der Waals surface area contributed by atoms with Crippen LogP contribution >= 0.6 is 0 Å². The zero-order valence-electron chi connectivity index (χ0n) is 13.6. The molecule has 0 amide bonds. The Balaban J connectivity index is 2.08. The Morgan fingerprint density at radius 2 is 1.90 bits per heavy atom. The summed E-state index contributed by atoms with van der Waals surface area (Å²) < 4.78 is 0. The zero-order valence-corrected chi connectivity index (χ0v) is 13.6. The molecule has 0 bridgehead atoms. The van der Waals surface area contributed by atoms with Crippen LogP contribution in [0.3, 0.4) is 0 Å². The SMILES string of the molecule is CCC1(CC)CN(Cc2ccc(C)c(C)c2)CCCN1. The molecule has 0 saturated carbocycles. The topological polar surface area (TPSA) is 15.3 Å². The second-order valence-electron chi connectivity index (χ2n) is 6.40. The van der Waals surface area contributed by atoms with Crippen molar-refractivity contribution in [2.75, 3.05) is 19.6 Å². The molecule has 0 radical (unpaired) electrons. The highest BCUT2D eigenvalue weighted by Crippen LogP contribution is 2.21. The fourth-order valence-corrected chi connectivity index (χ4v) is 3.24. The van der Waals surface area contributed by atoms with E-state index >= 15 is 0 Å². The standard InChI is InChI=1S/C18H30N2/c1-5-18(6-2)14-20(11-7-10-19-18)13-17-9-8-15(3)16(4)12-17/h8-9,12,19H,5-7,10-11,13-14H2,1-4H3. The van der Waals surface area contributed by atoms with Crippen molar-refractivity contribution < 1.29 is 0 Å². The molecule has 0 aromatic heterocycles. The van der Waals surface area contributed by atoms with Gasteiger partial charge in [-0.3, -0.25) is 4.90 Å². The fourth-order valence-electron chi connectivity index (χ4n) is 3.24. The summed E-state index contributed by atoms with van der Waals surface area (Å²) in [4.78, 5) is 2.64. The van der Waals surface area contributed by atoms with Gasteiger partial charge in [0.15, 0.2) is 0 Å². The lowest BCUT2D eigenvalue weighted by atomic mass is 9.92. The number of nitrogens with zero attached hydrogens (tertiary/aromatic N) is 1. The van der Waals surface area contributed by atoms with E-state index in [1.54, 1.807) is 0 Å². The second-order valence-corrected chi connectivity index (χ2v) is 6.40. The van der Waals surface area contributed by atoms with Crippen LogP contribution in [0.2, 0.25) is 0 Å². The predicted octanol–water partition coefficient (Wildman–Crippen LogP) is 3.66. The van der Waals surface area contributed by atoms with Crippen LogP contribution in [0.5, 0.6) is 0 Å². The third-order valence-corrected chi connectivity index (χ3v) is 5.01. The average molecular weight is 274 g/mol. The summed E-state index contributed by atoms with van der Waals surface area (Å²) in [5, 5.41) is 3.79. The summed E-state index contributed by atoms with van der Waals surface area (Å²) in [6, 6.07) is 6.90. The molecule has 0 unspecified atom stereocenters. The van der Waals surface area contributed by atoms with E-state index in [1.165, 1.54) is 49.0 Å². The number of benzene rings is 1. The largest absolute Gasteiger partial charge is 0.310 e. The van der Waals surface area contributed by atoms with E-state index in [0.29, 0.717) is 5.54 Å². The highest BCUT2D eigenvalue weighted by molar-refractivity contribution is 5.29. The maximum absolute atomic E-state index is 3.79. The van der Waals surface area contributed by atoms with Gasteiger partial charge in [-0.1, -0.05) is 32.0 Å². The van der Waals surface area contributed by atoms with Crippen LogP contribution < -0.4 is 5.32 Å². The van der Waals surface area contributed by atoms with Crippen molar-refractivity contribution in [1.29, 1.82) is 0 Å². The normalized spacial score (nSPS) is 19.8. The Hall–Kier alpha value is -0.860. The number of nitrogens with one attached hydrogen (secondary N) is 1. The zero-order chi connectivity index (χ0) is 14.6. The van der Waals surface area contributed by atoms with Crippen molar-refractivity contribution in [2.24, 2.45) is 0 Å². The molecule has 0 spiro atoms. The summed E-state index contributed by atoms with van der Waals surface area (Å²) in [5.41, 5.74) is 4.57. The van der Waals surface area contributed by atoms with Gasteiger partial charge in [0.1, 0.15) is 0 Å². The van der Waals surface area contributed by atoms with Crippen LogP contribution in [-0.4, -0.2) is 30.1 Å². The molecule has 1 fully saturated rings. The highest BCUT2D eigenvalue weighted by atomic mass is 15.2. The molecule has 2 heteroatoms. The van der Waals surface area contributed by atoms with Crippen molar-refractivity contribution in [1.82, 2.24) is 10.2 Å². The van der Waals surface area contributed by atoms with Gasteiger partial charge in [-0.05, 0) is 62.9 Å². The Morgan fingerprint density at radius 3 is 2.55 bits per heavy atom. The van der Waals surface area contributed by atoms with E-state index in [9.17, 15) is 0 Å². The number of rotatable bonds is 4. The van der Waals surface area contributed by atoms with Crippen molar-refractivity contribution in [3.8, 4) is 0 Å². The van der Waals surface area contributed by atoms with Crippen LogP contribution in [0.25, 0.3) is 0 Å². The summed E-state index contributed by atoms with van der Waals surface area (Å²) in [6.45, 7) is 13.7. The van der Waals surface area contributed by atoms with E-state index < -0.39 is 0 Å². The molecular weight excluding hydrogens is 244 g/mol. The molecule has 1 saturated heterocycles. The number of aryl methyl sites for hydroxylation is 2. The van der Waals surface area contributed by atoms with Gasteiger partial charge in [0.2, 0.25) is 0 Å². The molecule has 1 aliphatic rings. The van der Waals surface area contributed by atoms with Crippen LogP contribution in [-0.2, 0) is 6.54 Å². The summed E-state index contributed by atoms with van der Waals surface area (Å²) in [7, 11) is 0. The lowest BCUT2D eigenvalue weighted by Crippen LogP contribution is -2.50. The van der Waals surface area contributed by atoms with Gasteiger partial charge < -0.3 is 5.32 Å². The molecule has 1 aliphatic heterocycles. The van der Waals surface area contributed by atoms with Gasteiger partial charge >= 0.3 is 0 Å². The van der Waals surface area contributed by atoms with Gasteiger partial charge in [0.25, 0.3) is 0 Å². The maximum atomic E-state index is 3.79. The molecule has 1 heterocycles. The monoisotopic (exact) mass is 274 g/mol. The van der Waals surface area contributed by atoms with Gasteiger partial charge in [-0.2, -0.15) is 0 Å². The molecule has 112 valence electrons. The molecule has 20 heavy (non-hydrogen) atoms. The lowest BCUT2D eigenvalue weighted by molar-refractivity contribution is 0.191. The summed E-state index contributed by atoms with van der Waals surface area (Å²) in [6.07, 6.45) is 3.69. The second kappa shape index (κ2) is 6.73. The van der Waals surface area contributed by atoms with E-state index in [1.807, 2.05) is 0 Å². The first-order chi connectivity index (χ1) is 9.58. The molecule has 2 rings (SSSR count). The van der Waals surface area contributed by atoms with Crippen molar-refractivity contribution in [3.05, 3.63) is 34.9 Å². The van der Waals surface area contributed by atoms with Crippen LogP contribution in [0.1, 0.15) is 49.8 Å². The van der Waals surface area contributed by atoms with E-state index in [-0.39, 0.29) is 0 Å². The number of hydrogen-bond acceptors (Lipinski definition) is 2. The third kappa shape index (κ3) is 3.62. The van der Waals surface area contributed by atoms with Crippen molar-refractivity contribution >= 4 is 0 Å². The molecule has 0 atom stereocenters. The first-order valence-corrected chi connectivity index (χ1v) is 8.12. The van der Waals surface area contributed by atoms with Crippen molar-refractivity contribution in [2.45, 2.75) is 59.0 Å². The number of hydrogen-bond donors (Lipinski definition) is 1. The molecule has 1 aromatic rings. The smallest absolute Gasteiger partial charge is 0.0303 e. The van der Waals surface area contributed by atoms with Crippen molar-refractivity contribution in [3.63, 3.8) is 0 Å².